The molecule has 0 saturated carbocycles. The van der Waals surface area contributed by atoms with Crippen LogP contribution in [0.5, 0.6) is 0 Å². The summed E-state index contributed by atoms with van der Waals surface area (Å²) in [5, 5.41) is 10.6. The van der Waals surface area contributed by atoms with Crippen LogP contribution in [0.25, 0.3) is 11.0 Å². The molecule has 3 rings (SSSR count). The number of H-pyrrole nitrogens is 1. The number of fused-ring (bicyclic) bond motifs is 1. The van der Waals surface area contributed by atoms with Gasteiger partial charge in [-0.3, -0.25) is 9.89 Å². The highest BCUT2D eigenvalue weighted by Gasteiger charge is 2.13. The Labute approximate surface area is 133 Å². The highest BCUT2D eigenvalue weighted by molar-refractivity contribution is 6.00. The third-order valence-corrected chi connectivity index (χ3v) is 3.46. The Morgan fingerprint density at radius 3 is 2.83 bits per heavy atom. The van der Waals surface area contributed by atoms with Crippen LogP contribution in [0.2, 0.25) is 0 Å². The van der Waals surface area contributed by atoms with Gasteiger partial charge in [-0.2, -0.15) is 5.10 Å². The SMILES string of the molecule is Cc1cc(C)c2c(NC(=O)COCc3ccccc3)n[nH]c2n1. The summed E-state index contributed by atoms with van der Waals surface area (Å²) in [6.45, 7) is 4.26. The van der Waals surface area contributed by atoms with Crippen LogP contribution in [0, 0.1) is 13.8 Å². The number of aryl methyl sites for hydroxylation is 2. The van der Waals surface area contributed by atoms with Crippen LogP contribution in [0.4, 0.5) is 5.82 Å². The Morgan fingerprint density at radius 2 is 2.04 bits per heavy atom. The number of pyridine rings is 1. The van der Waals surface area contributed by atoms with Gasteiger partial charge in [0.15, 0.2) is 11.5 Å². The summed E-state index contributed by atoms with van der Waals surface area (Å²) in [5.74, 6) is 0.243. The number of carbonyl (C=O) groups excluding carboxylic acids is 1. The van der Waals surface area contributed by atoms with E-state index in [1.54, 1.807) is 0 Å². The molecule has 23 heavy (non-hydrogen) atoms. The van der Waals surface area contributed by atoms with Crippen LogP contribution in [0.1, 0.15) is 16.8 Å². The van der Waals surface area contributed by atoms with E-state index in [9.17, 15) is 4.79 Å². The quantitative estimate of drug-likeness (QED) is 0.759. The van der Waals surface area contributed by atoms with E-state index in [2.05, 4.69) is 20.5 Å². The molecule has 2 aromatic heterocycles. The first-order valence-corrected chi connectivity index (χ1v) is 7.37. The Hall–Kier alpha value is -2.73. The molecule has 0 saturated heterocycles. The molecule has 0 atom stereocenters. The Balaban J connectivity index is 1.62. The molecular weight excluding hydrogens is 292 g/mol. The number of rotatable bonds is 5. The average Bonchev–Trinajstić information content (AvgIpc) is 2.91. The fraction of sp³-hybridized carbons (Fsp3) is 0.235. The van der Waals surface area contributed by atoms with E-state index in [-0.39, 0.29) is 12.5 Å². The number of carbonyl (C=O) groups is 1. The van der Waals surface area contributed by atoms with Crippen molar-refractivity contribution < 1.29 is 9.53 Å². The molecule has 0 spiro atoms. The van der Waals surface area contributed by atoms with Crippen LogP contribution >= 0.6 is 0 Å². The lowest BCUT2D eigenvalue weighted by molar-refractivity contribution is -0.121. The van der Waals surface area contributed by atoms with Crippen molar-refractivity contribution in [3.05, 3.63) is 53.2 Å². The number of hydrogen-bond donors (Lipinski definition) is 2. The number of anilines is 1. The van der Waals surface area contributed by atoms with Gasteiger partial charge in [0, 0.05) is 5.69 Å². The van der Waals surface area contributed by atoms with Gasteiger partial charge in [-0.05, 0) is 31.0 Å². The summed E-state index contributed by atoms with van der Waals surface area (Å²) in [6.07, 6.45) is 0. The molecular formula is C17H18N4O2. The molecule has 0 radical (unpaired) electrons. The lowest BCUT2D eigenvalue weighted by Gasteiger charge is -2.06. The maximum atomic E-state index is 12.0. The first-order valence-electron chi connectivity index (χ1n) is 7.37. The lowest BCUT2D eigenvalue weighted by atomic mass is 10.2. The fourth-order valence-electron chi connectivity index (χ4n) is 2.48. The number of aromatic nitrogens is 3. The fourth-order valence-corrected chi connectivity index (χ4v) is 2.48. The maximum Gasteiger partial charge on any atom is 0.251 e. The van der Waals surface area contributed by atoms with Gasteiger partial charge in [0.1, 0.15) is 6.61 Å². The predicted octanol–water partition coefficient (Wildman–Crippen LogP) is 2.73. The van der Waals surface area contributed by atoms with Gasteiger partial charge in [-0.15, -0.1) is 0 Å². The summed E-state index contributed by atoms with van der Waals surface area (Å²) >= 11 is 0. The number of nitrogens with zero attached hydrogens (tertiary/aromatic N) is 2. The van der Waals surface area contributed by atoms with Gasteiger partial charge in [0.25, 0.3) is 5.91 Å². The van der Waals surface area contributed by atoms with Crippen LogP contribution < -0.4 is 5.32 Å². The van der Waals surface area contributed by atoms with E-state index < -0.39 is 0 Å². The topological polar surface area (TPSA) is 79.9 Å². The highest BCUT2D eigenvalue weighted by Crippen LogP contribution is 2.23. The summed E-state index contributed by atoms with van der Waals surface area (Å²) < 4.78 is 5.43. The molecule has 2 N–H and O–H groups in total. The largest absolute Gasteiger partial charge is 0.367 e. The monoisotopic (exact) mass is 310 g/mol. The third kappa shape index (κ3) is 3.54. The number of nitrogens with one attached hydrogen (secondary N) is 2. The molecule has 1 amide bonds. The van der Waals surface area contributed by atoms with E-state index in [1.165, 1.54) is 0 Å². The van der Waals surface area contributed by atoms with Gasteiger partial charge in [-0.25, -0.2) is 4.98 Å². The Bertz CT molecular complexity index is 827. The Kier molecular flexibility index (Phi) is 4.34. The van der Waals surface area contributed by atoms with E-state index in [0.717, 1.165) is 22.2 Å². The molecule has 118 valence electrons. The second-order valence-electron chi connectivity index (χ2n) is 5.40. The lowest BCUT2D eigenvalue weighted by Crippen LogP contribution is -2.18. The van der Waals surface area contributed by atoms with E-state index >= 15 is 0 Å². The van der Waals surface area contributed by atoms with Crippen molar-refractivity contribution >= 4 is 22.8 Å². The molecule has 0 fully saturated rings. The van der Waals surface area contributed by atoms with Crippen LogP contribution in [-0.4, -0.2) is 27.7 Å². The van der Waals surface area contributed by atoms with Gasteiger partial charge in [0.05, 0.1) is 12.0 Å². The number of amides is 1. The standard InChI is InChI=1S/C17H18N4O2/c1-11-8-12(2)18-16-15(11)17(21-20-16)19-14(22)10-23-9-13-6-4-3-5-7-13/h3-8H,9-10H2,1-2H3,(H2,18,19,20,21,22). The van der Waals surface area contributed by atoms with Crippen LogP contribution in [-0.2, 0) is 16.1 Å². The third-order valence-electron chi connectivity index (χ3n) is 3.46. The summed E-state index contributed by atoms with van der Waals surface area (Å²) in [7, 11) is 0. The molecule has 3 aromatic rings. The minimum atomic E-state index is -0.241. The van der Waals surface area contributed by atoms with Crippen molar-refractivity contribution in [2.75, 3.05) is 11.9 Å². The molecule has 0 aliphatic heterocycles. The maximum absolute atomic E-state index is 12.0. The zero-order chi connectivity index (χ0) is 16.2. The predicted molar refractivity (Wildman–Crippen MR) is 88.1 cm³/mol. The molecule has 6 nitrogen and oxygen atoms in total. The number of ether oxygens (including phenoxy) is 1. The van der Waals surface area contributed by atoms with Crippen molar-refractivity contribution in [3.8, 4) is 0 Å². The van der Waals surface area contributed by atoms with Crippen molar-refractivity contribution in [2.45, 2.75) is 20.5 Å². The van der Waals surface area contributed by atoms with E-state index in [4.69, 9.17) is 4.74 Å². The summed E-state index contributed by atoms with van der Waals surface area (Å²) in [4.78, 5) is 16.4. The molecule has 2 heterocycles. The first-order chi connectivity index (χ1) is 11.1. The van der Waals surface area contributed by atoms with Crippen LogP contribution in [0.15, 0.2) is 36.4 Å². The molecule has 0 aliphatic rings. The first kappa shape index (κ1) is 15.2. The van der Waals surface area contributed by atoms with Crippen LogP contribution in [0.3, 0.4) is 0 Å². The molecule has 6 heteroatoms. The zero-order valence-electron chi connectivity index (χ0n) is 13.1. The van der Waals surface area contributed by atoms with Gasteiger partial charge < -0.3 is 10.1 Å². The second kappa shape index (κ2) is 6.58. The number of aromatic amines is 1. The van der Waals surface area contributed by atoms with Gasteiger partial charge in [0.2, 0.25) is 0 Å². The molecule has 0 unspecified atom stereocenters. The number of benzene rings is 1. The van der Waals surface area contributed by atoms with Gasteiger partial charge in [-0.1, -0.05) is 30.3 Å². The summed E-state index contributed by atoms with van der Waals surface area (Å²) in [5.41, 5.74) is 3.62. The van der Waals surface area contributed by atoms with E-state index in [0.29, 0.717) is 18.1 Å². The highest BCUT2D eigenvalue weighted by atomic mass is 16.5. The summed E-state index contributed by atoms with van der Waals surface area (Å²) in [6, 6.07) is 11.7. The van der Waals surface area contributed by atoms with Gasteiger partial charge >= 0.3 is 0 Å². The number of hydrogen-bond acceptors (Lipinski definition) is 4. The van der Waals surface area contributed by atoms with Crippen molar-refractivity contribution in [1.82, 2.24) is 15.2 Å². The molecule has 1 aromatic carbocycles. The van der Waals surface area contributed by atoms with E-state index in [1.807, 2.05) is 50.2 Å². The average molecular weight is 310 g/mol. The zero-order valence-corrected chi connectivity index (χ0v) is 13.1. The molecule has 0 aliphatic carbocycles. The minimum absolute atomic E-state index is 0.0262. The van der Waals surface area contributed by atoms with Crippen molar-refractivity contribution in [3.63, 3.8) is 0 Å². The second-order valence-corrected chi connectivity index (χ2v) is 5.40. The van der Waals surface area contributed by atoms with Crippen molar-refractivity contribution in [2.24, 2.45) is 0 Å². The smallest absolute Gasteiger partial charge is 0.251 e. The molecule has 0 bridgehead atoms. The van der Waals surface area contributed by atoms with Crippen molar-refractivity contribution in [1.29, 1.82) is 0 Å². The minimum Gasteiger partial charge on any atom is -0.367 e. The Morgan fingerprint density at radius 1 is 1.26 bits per heavy atom. The normalized spacial score (nSPS) is 10.9.